The van der Waals surface area contributed by atoms with Gasteiger partial charge in [0.2, 0.25) is 11.8 Å². The van der Waals surface area contributed by atoms with Crippen LogP contribution in [-0.2, 0) is 11.3 Å². The normalized spacial score (nSPS) is 10.5. The molecule has 3 heterocycles. The number of nitrogens with one attached hydrogen (secondary N) is 1. The number of pyridine rings is 1. The maximum Gasteiger partial charge on any atom is 0.277 e. The van der Waals surface area contributed by atoms with Crippen molar-refractivity contribution in [1.82, 2.24) is 20.5 Å². The molecule has 0 aliphatic heterocycles. The summed E-state index contributed by atoms with van der Waals surface area (Å²) in [4.78, 5) is 16.9. The van der Waals surface area contributed by atoms with E-state index in [2.05, 4.69) is 20.5 Å². The van der Waals surface area contributed by atoms with Gasteiger partial charge in [-0.1, -0.05) is 17.8 Å². The lowest BCUT2D eigenvalue weighted by atomic mass is 10.3. The van der Waals surface area contributed by atoms with Gasteiger partial charge in [0.05, 0.1) is 17.9 Å². The molecule has 0 saturated carbocycles. The lowest BCUT2D eigenvalue weighted by Crippen LogP contribution is -2.24. The van der Waals surface area contributed by atoms with Crippen molar-refractivity contribution in [2.75, 3.05) is 5.75 Å². The number of carbonyl (C=O) groups excluding carboxylic acids is 1. The second kappa shape index (κ2) is 7.19. The van der Waals surface area contributed by atoms with E-state index < -0.39 is 0 Å². The smallest absolute Gasteiger partial charge is 0.277 e. The Hall–Kier alpha value is -2.19. The zero-order valence-corrected chi connectivity index (χ0v) is 13.1. The molecular weight excluding hydrogens is 320 g/mol. The fourth-order valence-corrected chi connectivity index (χ4v) is 2.89. The molecule has 8 heteroatoms. The molecule has 0 aromatic carbocycles. The van der Waals surface area contributed by atoms with Gasteiger partial charge in [-0.15, -0.1) is 21.5 Å². The van der Waals surface area contributed by atoms with Gasteiger partial charge >= 0.3 is 0 Å². The first-order chi connectivity index (χ1) is 10.8. The quantitative estimate of drug-likeness (QED) is 0.699. The predicted molar refractivity (Wildman–Crippen MR) is 84.4 cm³/mol. The van der Waals surface area contributed by atoms with Gasteiger partial charge in [-0.2, -0.15) is 0 Å². The Morgan fingerprint density at radius 2 is 2.27 bits per heavy atom. The highest BCUT2D eigenvalue weighted by Gasteiger charge is 2.11. The van der Waals surface area contributed by atoms with Crippen LogP contribution in [0.1, 0.15) is 4.88 Å². The van der Waals surface area contributed by atoms with E-state index in [0.717, 1.165) is 10.4 Å². The molecule has 0 bridgehead atoms. The Morgan fingerprint density at radius 1 is 1.32 bits per heavy atom. The number of aromatic nitrogens is 3. The number of hydrogen-bond acceptors (Lipinski definition) is 7. The highest BCUT2D eigenvalue weighted by atomic mass is 32.2. The fraction of sp³-hybridized carbons (Fsp3) is 0.143. The third kappa shape index (κ3) is 3.92. The number of nitrogens with zero attached hydrogens (tertiary/aromatic N) is 3. The van der Waals surface area contributed by atoms with Gasteiger partial charge in [0.15, 0.2) is 0 Å². The lowest BCUT2D eigenvalue weighted by molar-refractivity contribution is -0.118. The van der Waals surface area contributed by atoms with E-state index >= 15 is 0 Å². The van der Waals surface area contributed by atoms with Gasteiger partial charge in [-0.25, -0.2) is 0 Å². The van der Waals surface area contributed by atoms with Gasteiger partial charge in [-0.3, -0.25) is 9.78 Å². The SMILES string of the molecule is O=C(CSc1nnc(-c2cccnc2)o1)NCc1cccs1. The van der Waals surface area contributed by atoms with Crippen LogP contribution in [0.5, 0.6) is 0 Å². The van der Waals surface area contributed by atoms with E-state index in [4.69, 9.17) is 4.42 Å². The molecule has 0 saturated heterocycles. The summed E-state index contributed by atoms with van der Waals surface area (Å²) >= 11 is 2.82. The van der Waals surface area contributed by atoms with Crippen LogP contribution in [0.3, 0.4) is 0 Å². The van der Waals surface area contributed by atoms with Crippen LogP contribution in [0.4, 0.5) is 0 Å². The zero-order valence-electron chi connectivity index (χ0n) is 11.4. The fourth-order valence-electron chi connectivity index (χ4n) is 1.65. The predicted octanol–water partition coefficient (Wildman–Crippen LogP) is 2.60. The average Bonchev–Trinajstić information content (AvgIpc) is 3.23. The van der Waals surface area contributed by atoms with Crippen LogP contribution in [0.25, 0.3) is 11.5 Å². The van der Waals surface area contributed by atoms with Crippen LogP contribution < -0.4 is 5.32 Å². The van der Waals surface area contributed by atoms with E-state index in [-0.39, 0.29) is 11.7 Å². The van der Waals surface area contributed by atoms with Crippen LogP contribution in [0.15, 0.2) is 51.7 Å². The Labute approximate surface area is 135 Å². The molecule has 1 amide bonds. The first-order valence-electron chi connectivity index (χ1n) is 6.47. The van der Waals surface area contributed by atoms with Crippen LogP contribution in [-0.4, -0.2) is 26.8 Å². The minimum atomic E-state index is -0.0699. The summed E-state index contributed by atoms with van der Waals surface area (Å²) in [6.07, 6.45) is 3.32. The minimum Gasteiger partial charge on any atom is -0.411 e. The Kier molecular flexibility index (Phi) is 4.81. The zero-order chi connectivity index (χ0) is 15.2. The molecule has 1 N–H and O–H groups in total. The minimum absolute atomic E-state index is 0.0699. The first kappa shape index (κ1) is 14.7. The van der Waals surface area contributed by atoms with Crippen molar-refractivity contribution in [2.24, 2.45) is 0 Å². The van der Waals surface area contributed by atoms with Crippen molar-refractivity contribution in [3.8, 4) is 11.5 Å². The van der Waals surface area contributed by atoms with Gasteiger partial charge < -0.3 is 9.73 Å². The van der Waals surface area contributed by atoms with Crippen molar-refractivity contribution in [3.05, 3.63) is 46.9 Å². The Morgan fingerprint density at radius 3 is 3.05 bits per heavy atom. The molecular formula is C14H12N4O2S2. The molecule has 22 heavy (non-hydrogen) atoms. The van der Waals surface area contributed by atoms with Crippen LogP contribution in [0, 0.1) is 0 Å². The summed E-state index contributed by atoms with van der Waals surface area (Å²) in [5, 5.41) is 13.0. The first-order valence-corrected chi connectivity index (χ1v) is 8.33. The number of rotatable bonds is 6. The van der Waals surface area contributed by atoms with Gasteiger partial charge in [0.25, 0.3) is 5.22 Å². The molecule has 6 nitrogen and oxygen atoms in total. The third-order valence-corrected chi connectivity index (χ3v) is 4.38. The molecule has 0 unspecified atom stereocenters. The molecule has 0 fully saturated rings. The summed E-state index contributed by atoms with van der Waals surface area (Å²) in [6.45, 7) is 0.543. The van der Waals surface area contributed by atoms with Crippen molar-refractivity contribution >= 4 is 29.0 Å². The van der Waals surface area contributed by atoms with Crippen LogP contribution >= 0.6 is 23.1 Å². The van der Waals surface area contributed by atoms with Crippen molar-refractivity contribution in [3.63, 3.8) is 0 Å². The molecule has 3 aromatic heterocycles. The summed E-state index contributed by atoms with van der Waals surface area (Å²) < 4.78 is 5.49. The molecule has 0 spiro atoms. The van der Waals surface area contributed by atoms with E-state index in [1.54, 1.807) is 29.8 Å². The van der Waals surface area contributed by atoms with E-state index in [0.29, 0.717) is 17.7 Å². The molecule has 0 aliphatic carbocycles. The number of amides is 1. The van der Waals surface area contributed by atoms with Gasteiger partial charge in [0, 0.05) is 17.3 Å². The molecule has 0 atom stereocenters. The Balaban J connectivity index is 1.49. The highest BCUT2D eigenvalue weighted by molar-refractivity contribution is 7.99. The van der Waals surface area contributed by atoms with Crippen molar-refractivity contribution in [1.29, 1.82) is 0 Å². The molecule has 0 radical (unpaired) electrons. The molecule has 3 rings (SSSR count). The largest absolute Gasteiger partial charge is 0.411 e. The second-order valence-corrected chi connectivity index (χ2v) is 6.22. The number of carbonyl (C=O) groups is 1. The van der Waals surface area contributed by atoms with Crippen LogP contribution in [0.2, 0.25) is 0 Å². The summed E-state index contributed by atoms with van der Waals surface area (Å²) in [6, 6.07) is 7.57. The summed E-state index contributed by atoms with van der Waals surface area (Å²) in [5.41, 5.74) is 0.754. The molecule has 112 valence electrons. The molecule has 3 aromatic rings. The standard InChI is InChI=1S/C14H12N4O2S2/c19-12(16-8-11-4-2-6-21-11)9-22-14-18-17-13(20-14)10-3-1-5-15-7-10/h1-7H,8-9H2,(H,16,19). The Bertz CT molecular complexity index is 728. The van der Waals surface area contributed by atoms with Gasteiger partial charge in [-0.05, 0) is 23.6 Å². The number of thioether (sulfide) groups is 1. The monoisotopic (exact) mass is 332 g/mol. The van der Waals surface area contributed by atoms with Crippen molar-refractivity contribution in [2.45, 2.75) is 11.8 Å². The third-order valence-electron chi connectivity index (χ3n) is 2.68. The van der Waals surface area contributed by atoms with E-state index in [1.165, 1.54) is 11.8 Å². The van der Waals surface area contributed by atoms with E-state index in [1.807, 2.05) is 23.6 Å². The summed E-state index contributed by atoms with van der Waals surface area (Å²) in [7, 11) is 0. The van der Waals surface area contributed by atoms with Gasteiger partial charge in [0.1, 0.15) is 0 Å². The summed E-state index contributed by atoms with van der Waals surface area (Å²) in [5.74, 6) is 0.564. The molecule has 0 aliphatic rings. The van der Waals surface area contributed by atoms with Crippen molar-refractivity contribution < 1.29 is 9.21 Å². The number of hydrogen-bond donors (Lipinski definition) is 1. The maximum atomic E-state index is 11.8. The topological polar surface area (TPSA) is 80.9 Å². The second-order valence-electron chi connectivity index (χ2n) is 4.26. The maximum absolute atomic E-state index is 11.8. The lowest BCUT2D eigenvalue weighted by Gasteiger charge is -2.01. The average molecular weight is 332 g/mol. The number of thiophene rings is 1. The highest BCUT2D eigenvalue weighted by Crippen LogP contribution is 2.22. The van der Waals surface area contributed by atoms with E-state index in [9.17, 15) is 4.79 Å².